The van der Waals surface area contributed by atoms with Crippen LogP contribution in [0.15, 0.2) is 24.4 Å². The van der Waals surface area contributed by atoms with Gasteiger partial charge in [-0.1, -0.05) is 0 Å². The maximum Gasteiger partial charge on any atom is 0.419 e. The van der Waals surface area contributed by atoms with Gasteiger partial charge in [-0.25, -0.2) is 13.8 Å². The fourth-order valence-electron chi connectivity index (χ4n) is 3.91. The molecule has 9 heteroatoms. The van der Waals surface area contributed by atoms with E-state index in [1.54, 1.807) is 6.20 Å². The minimum atomic E-state index is -4.79. The van der Waals surface area contributed by atoms with E-state index in [-0.39, 0.29) is 12.1 Å². The normalized spacial score (nSPS) is 23.2. The Balaban J connectivity index is 1.68. The topological polar surface area (TPSA) is 33.1 Å². The third-order valence-corrected chi connectivity index (χ3v) is 5.72. The van der Waals surface area contributed by atoms with Crippen molar-refractivity contribution in [3.63, 3.8) is 0 Å². The summed E-state index contributed by atoms with van der Waals surface area (Å²) >= 11 is 0. The van der Waals surface area contributed by atoms with Crippen molar-refractivity contribution in [2.45, 2.75) is 37.7 Å². The summed E-state index contributed by atoms with van der Waals surface area (Å²) in [5.41, 5.74) is -0.844. The van der Waals surface area contributed by atoms with Crippen molar-refractivity contribution in [1.29, 1.82) is 0 Å². The SMILES string of the molecule is Fc1ccc(-c2cn(CCN3CCC3)c(C3CCNCC3F)n2)cc1C(F)(F)F. The fourth-order valence-corrected chi connectivity index (χ4v) is 3.91. The van der Waals surface area contributed by atoms with Crippen LogP contribution in [-0.4, -0.2) is 53.3 Å². The molecule has 29 heavy (non-hydrogen) atoms. The molecule has 158 valence electrons. The van der Waals surface area contributed by atoms with Crippen molar-refractivity contribution in [2.75, 3.05) is 32.7 Å². The van der Waals surface area contributed by atoms with Gasteiger partial charge in [-0.2, -0.15) is 13.2 Å². The molecule has 1 N–H and O–H groups in total. The fraction of sp³-hybridized carbons (Fsp3) is 0.550. The van der Waals surface area contributed by atoms with Gasteiger partial charge in [0, 0.05) is 31.4 Å². The number of halogens is 5. The number of hydrogen-bond acceptors (Lipinski definition) is 3. The van der Waals surface area contributed by atoms with Crippen LogP contribution in [0.2, 0.25) is 0 Å². The number of imidazole rings is 1. The van der Waals surface area contributed by atoms with Gasteiger partial charge < -0.3 is 14.8 Å². The van der Waals surface area contributed by atoms with Gasteiger partial charge >= 0.3 is 6.18 Å². The van der Waals surface area contributed by atoms with Gasteiger partial charge in [-0.3, -0.25) is 0 Å². The summed E-state index contributed by atoms with van der Waals surface area (Å²) in [6, 6.07) is 2.86. The number of hydrogen-bond donors (Lipinski definition) is 1. The van der Waals surface area contributed by atoms with Crippen LogP contribution in [0.3, 0.4) is 0 Å². The number of nitrogens with one attached hydrogen (secondary N) is 1. The van der Waals surface area contributed by atoms with Crippen LogP contribution in [0.4, 0.5) is 22.0 Å². The predicted octanol–water partition coefficient (Wildman–Crippen LogP) is 3.83. The molecule has 2 saturated heterocycles. The van der Waals surface area contributed by atoms with Crippen LogP contribution in [0.1, 0.15) is 30.1 Å². The zero-order valence-electron chi connectivity index (χ0n) is 15.9. The Morgan fingerprint density at radius 2 is 1.97 bits per heavy atom. The molecule has 4 nitrogen and oxygen atoms in total. The monoisotopic (exact) mass is 414 g/mol. The lowest BCUT2D eigenvalue weighted by Crippen LogP contribution is -2.40. The Morgan fingerprint density at radius 1 is 1.17 bits per heavy atom. The first-order chi connectivity index (χ1) is 13.8. The number of piperidine rings is 1. The lowest BCUT2D eigenvalue weighted by atomic mass is 9.95. The summed E-state index contributed by atoms with van der Waals surface area (Å²) in [7, 11) is 0. The molecule has 0 spiro atoms. The molecule has 0 saturated carbocycles. The highest BCUT2D eigenvalue weighted by Crippen LogP contribution is 2.35. The predicted molar refractivity (Wildman–Crippen MR) is 98.8 cm³/mol. The molecule has 2 fully saturated rings. The second-order valence-corrected chi connectivity index (χ2v) is 7.68. The minimum absolute atomic E-state index is 0.173. The maximum absolute atomic E-state index is 14.6. The van der Waals surface area contributed by atoms with Gasteiger partial charge in [-0.15, -0.1) is 0 Å². The van der Waals surface area contributed by atoms with E-state index in [4.69, 9.17) is 0 Å². The number of aromatic nitrogens is 2. The Morgan fingerprint density at radius 3 is 2.62 bits per heavy atom. The number of benzene rings is 1. The Bertz CT molecular complexity index is 859. The molecule has 3 heterocycles. The molecule has 1 aromatic heterocycles. The zero-order valence-corrected chi connectivity index (χ0v) is 15.9. The molecule has 0 aliphatic carbocycles. The summed E-state index contributed by atoms with van der Waals surface area (Å²) in [5.74, 6) is -1.18. The summed E-state index contributed by atoms with van der Waals surface area (Å²) < 4.78 is 69.4. The van der Waals surface area contributed by atoms with Crippen molar-refractivity contribution < 1.29 is 22.0 Å². The van der Waals surface area contributed by atoms with E-state index in [1.807, 2.05) is 4.57 Å². The standard InChI is InChI=1S/C20H23F5N4/c21-16-3-2-13(10-15(16)20(23,24)25)18-12-29(9-8-28-6-1-7-28)19(27-18)14-4-5-26-11-17(14)22/h2-3,10,12,14,17,26H,1,4-9,11H2. The Labute approximate surface area is 165 Å². The third-order valence-electron chi connectivity index (χ3n) is 5.72. The molecule has 0 bridgehead atoms. The van der Waals surface area contributed by atoms with E-state index in [0.29, 0.717) is 31.0 Å². The molecule has 1 aromatic carbocycles. The van der Waals surface area contributed by atoms with Gasteiger partial charge in [0.15, 0.2) is 0 Å². The zero-order chi connectivity index (χ0) is 20.6. The van der Waals surface area contributed by atoms with Gasteiger partial charge in [0.05, 0.1) is 17.2 Å². The van der Waals surface area contributed by atoms with E-state index in [1.165, 1.54) is 6.07 Å². The number of rotatable bonds is 5. The second-order valence-electron chi connectivity index (χ2n) is 7.68. The van der Waals surface area contributed by atoms with Crippen molar-refractivity contribution in [1.82, 2.24) is 19.8 Å². The first kappa shape index (κ1) is 20.3. The molecule has 2 aliphatic heterocycles. The highest BCUT2D eigenvalue weighted by molar-refractivity contribution is 5.60. The Hall–Kier alpha value is -2.00. The molecule has 2 aliphatic rings. The third kappa shape index (κ3) is 4.30. The largest absolute Gasteiger partial charge is 0.419 e. The van der Waals surface area contributed by atoms with Crippen LogP contribution in [0.5, 0.6) is 0 Å². The number of likely N-dealkylation sites (tertiary alicyclic amines) is 1. The summed E-state index contributed by atoms with van der Waals surface area (Å²) in [4.78, 5) is 6.78. The quantitative estimate of drug-likeness (QED) is 0.755. The van der Waals surface area contributed by atoms with Crippen molar-refractivity contribution in [2.24, 2.45) is 0 Å². The van der Waals surface area contributed by atoms with Crippen LogP contribution < -0.4 is 5.32 Å². The number of alkyl halides is 4. The first-order valence-electron chi connectivity index (χ1n) is 9.84. The van der Waals surface area contributed by atoms with E-state index >= 15 is 0 Å². The van der Waals surface area contributed by atoms with Gasteiger partial charge in [0.2, 0.25) is 0 Å². The molecular formula is C20H23F5N4. The molecular weight excluding hydrogens is 391 g/mol. The molecule has 2 aromatic rings. The molecule has 2 atom stereocenters. The van der Waals surface area contributed by atoms with Crippen molar-refractivity contribution in [3.8, 4) is 11.3 Å². The highest BCUT2D eigenvalue weighted by atomic mass is 19.4. The van der Waals surface area contributed by atoms with E-state index in [2.05, 4.69) is 15.2 Å². The summed E-state index contributed by atoms with van der Waals surface area (Å²) in [6.07, 6.45) is -2.52. The van der Waals surface area contributed by atoms with Gasteiger partial charge in [0.1, 0.15) is 17.8 Å². The van der Waals surface area contributed by atoms with Crippen molar-refractivity contribution >= 4 is 0 Å². The second kappa shape index (κ2) is 8.02. The smallest absolute Gasteiger partial charge is 0.333 e. The van der Waals surface area contributed by atoms with Gasteiger partial charge in [0.25, 0.3) is 0 Å². The molecule has 2 unspecified atom stereocenters. The summed E-state index contributed by atoms with van der Waals surface area (Å²) in [6.45, 7) is 4.29. The molecule has 4 rings (SSSR count). The van der Waals surface area contributed by atoms with Gasteiger partial charge in [-0.05, 0) is 50.7 Å². The minimum Gasteiger partial charge on any atom is -0.333 e. The Kier molecular flexibility index (Phi) is 5.61. The summed E-state index contributed by atoms with van der Waals surface area (Å²) in [5, 5.41) is 3.00. The first-order valence-corrected chi connectivity index (χ1v) is 9.84. The maximum atomic E-state index is 14.6. The van der Waals surface area contributed by atoms with E-state index < -0.39 is 29.6 Å². The lowest BCUT2D eigenvalue weighted by molar-refractivity contribution is -0.139. The highest BCUT2D eigenvalue weighted by Gasteiger charge is 2.35. The van der Waals surface area contributed by atoms with E-state index in [0.717, 1.165) is 38.2 Å². The van der Waals surface area contributed by atoms with Crippen LogP contribution in [0, 0.1) is 5.82 Å². The van der Waals surface area contributed by atoms with E-state index in [9.17, 15) is 22.0 Å². The van der Waals surface area contributed by atoms with Crippen LogP contribution in [0.25, 0.3) is 11.3 Å². The van der Waals surface area contributed by atoms with Crippen LogP contribution in [-0.2, 0) is 12.7 Å². The number of nitrogens with zero attached hydrogens (tertiary/aromatic N) is 3. The lowest BCUT2D eigenvalue weighted by Gasteiger charge is -2.31. The molecule has 0 radical (unpaired) electrons. The molecule has 0 amide bonds. The van der Waals surface area contributed by atoms with Crippen molar-refractivity contribution in [3.05, 3.63) is 41.6 Å². The van der Waals surface area contributed by atoms with Crippen LogP contribution >= 0.6 is 0 Å². The average molecular weight is 414 g/mol. The average Bonchev–Trinajstić information content (AvgIpc) is 3.04.